The van der Waals surface area contributed by atoms with E-state index in [0.717, 1.165) is 12.1 Å². The summed E-state index contributed by atoms with van der Waals surface area (Å²) < 4.78 is 28.1. The molecule has 0 atom stereocenters. The molecule has 7 nitrogen and oxygen atoms in total. The van der Waals surface area contributed by atoms with E-state index in [1.54, 1.807) is 19.5 Å². The van der Waals surface area contributed by atoms with Gasteiger partial charge in [-0.2, -0.15) is 0 Å². The fraction of sp³-hybridized carbons (Fsp3) is 0.692. The molecule has 0 radical (unpaired) electrons. The molecule has 0 bridgehead atoms. The topological polar surface area (TPSA) is 84.4 Å². The van der Waals surface area contributed by atoms with Crippen LogP contribution in [-0.4, -0.2) is 63.2 Å². The zero-order valence-electron chi connectivity index (χ0n) is 12.3. The number of hydrogen-bond acceptors (Lipinski definition) is 7. The van der Waals surface area contributed by atoms with E-state index in [0.29, 0.717) is 38.6 Å². The Kier molecular flexibility index (Phi) is 5.89. The van der Waals surface area contributed by atoms with Crippen molar-refractivity contribution in [3.63, 3.8) is 0 Å². The second-order valence-electron chi connectivity index (χ2n) is 5.05. The van der Waals surface area contributed by atoms with Crippen molar-refractivity contribution < 1.29 is 13.2 Å². The van der Waals surface area contributed by atoms with Crippen molar-refractivity contribution in [2.45, 2.75) is 13.0 Å². The Balaban J connectivity index is 1.89. The van der Waals surface area contributed by atoms with Gasteiger partial charge in [-0.25, -0.2) is 18.4 Å². The molecule has 1 aliphatic heterocycles. The predicted molar refractivity (Wildman–Crippen MR) is 81.1 cm³/mol. The highest BCUT2D eigenvalue weighted by molar-refractivity contribution is 7.91. The number of hydrogen-bond donors (Lipinski definition) is 1. The van der Waals surface area contributed by atoms with Gasteiger partial charge in [-0.3, -0.25) is 0 Å². The van der Waals surface area contributed by atoms with Crippen LogP contribution in [0.15, 0.2) is 12.4 Å². The molecule has 0 aliphatic carbocycles. The summed E-state index contributed by atoms with van der Waals surface area (Å²) in [4.78, 5) is 10.6. The van der Waals surface area contributed by atoms with E-state index in [-0.39, 0.29) is 11.5 Å². The van der Waals surface area contributed by atoms with E-state index < -0.39 is 9.84 Å². The normalized spacial score (nSPS) is 18.4. The van der Waals surface area contributed by atoms with E-state index >= 15 is 0 Å². The Bertz CT molecular complexity index is 533. The van der Waals surface area contributed by atoms with Crippen LogP contribution >= 0.6 is 0 Å². The van der Waals surface area contributed by atoms with E-state index in [4.69, 9.17) is 4.74 Å². The monoisotopic (exact) mass is 314 g/mol. The van der Waals surface area contributed by atoms with Crippen LogP contribution in [0.3, 0.4) is 0 Å². The van der Waals surface area contributed by atoms with Gasteiger partial charge < -0.3 is 15.0 Å². The Hall–Kier alpha value is -1.25. The fourth-order valence-electron chi connectivity index (χ4n) is 2.15. The largest absolute Gasteiger partial charge is 0.383 e. The molecule has 21 heavy (non-hydrogen) atoms. The van der Waals surface area contributed by atoms with Gasteiger partial charge in [-0.15, -0.1) is 0 Å². The van der Waals surface area contributed by atoms with Gasteiger partial charge in [0.05, 0.1) is 18.1 Å². The van der Waals surface area contributed by atoms with E-state index in [9.17, 15) is 8.42 Å². The predicted octanol–water partition coefficient (Wildman–Crippen LogP) is -0.162. The number of anilines is 1. The van der Waals surface area contributed by atoms with Crippen LogP contribution in [0.2, 0.25) is 0 Å². The molecular formula is C13H22N4O3S. The summed E-state index contributed by atoms with van der Waals surface area (Å²) in [5.41, 5.74) is 0.997. The average Bonchev–Trinajstić information content (AvgIpc) is 2.65. The average molecular weight is 314 g/mol. The number of methoxy groups -OCH3 is 1. The molecule has 0 saturated carbocycles. The lowest BCUT2D eigenvalue weighted by molar-refractivity contribution is 0.199. The van der Waals surface area contributed by atoms with Gasteiger partial charge in [0.1, 0.15) is 0 Å². The summed E-state index contributed by atoms with van der Waals surface area (Å²) in [6, 6.07) is 0. The first-order valence-electron chi connectivity index (χ1n) is 7.07. The molecule has 2 heterocycles. The lowest BCUT2D eigenvalue weighted by Crippen LogP contribution is -2.28. The second-order valence-corrected chi connectivity index (χ2v) is 7.36. The van der Waals surface area contributed by atoms with Gasteiger partial charge in [0.2, 0.25) is 5.95 Å². The summed E-state index contributed by atoms with van der Waals surface area (Å²) in [5.74, 6) is 1.04. The third-order valence-electron chi connectivity index (χ3n) is 3.34. The lowest BCUT2D eigenvalue weighted by Gasteiger charge is -2.19. The molecule has 1 fully saturated rings. The summed E-state index contributed by atoms with van der Waals surface area (Å²) >= 11 is 0. The molecule has 1 N–H and O–H groups in total. The van der Waals surface area contributed by atoms with E-state index in [1.807, 2.05) is 4.90 Å². The fourth-order valence-corrected chi connectivity index (χ4v) is 3.42. The highest BCUT2D eigenvalue weighted by atomic mass is 32.2. The lowest BCUT2D eigenvalue weighted by atomic mass is 10.3. The number of nitrogens with one attached hydrogen (secondary N) is 1. The van der Waals surface area contributed by atoms with Gasteiger partial charge >= 0.3 is 0 Å². The number of aromatic nitrogens is 2. The van der Waals surface area contributed by atoms with E-state index in [1.165, 1.54) is 0 Å². The van der Waals surface area contributed by atoms with Crippen LogP contribution in [0.4, 0.5) is 5.95 Å². The molecule has 1 aliphatic rings. The molecule has 8 heteroatoms. The Morgan fingerprint density at radius 1 is 1.29 bits per heavy atom. The molecule has 118 valence electrons. The van der Waals surface area contributed by atoms with Crippen molar-refractivity contribution in [2.75, 3.05) is 49.8 Å². The summed E-state index contributed by atoms with van der Waals surface area (Å²) in [6.07, 6.45) is 4.19. The Morgan fingerprint density at radius 3 is 2.76 bits per heavy atom. The van der Waals surface area contributed by atoms with Crippen LogP contribution in [0, 0.1) is 0 Å². The van der Waals surface area contributed by atoms with Gasteiger partial charge in [0, 0.05) is 51.2 Å². The number of ether oxygens (including phenoxy) is 1. The molecule has 1 aromatic rings. The quantitative estimate of drug-likeness (QED) is 0.730. The maximum atomic E-state index is 11.6. The molecule has 0 spiro atoms. The zero-order chi connectivity index (χ0) is 15.1. The molecule has 1 saturated heterocycles. The minimum Gasteiger partial charge on any atom is -0.383 e. The highest BCUT2D eigenvalue weighted by Crippen LogP contribution is 2.12. The highest BCUT2D eigenvalue weighted by Gasteiger charge is 2.20. The van der Waals surface area contributed by atoms with Gasteiger partial charge in [-0.1, -0.05) is 0 Å². The maximum Gasteiger partial charge on any atom is 0.225 e. The van der Waals surface area contributed by atoms with Crippen molar-refractivity contribution >= 4 is 15.8 Å². The van der Waals surface area contributed by atoms with Crippen LogP contribution in [0.25, 0.3) is 0 Å². The minimum absolute atomic E-state index is 0.177. The Labute approximate surface area is 125 Å². The van der Waals surface area contributed by atoms with Crippen LogP contribution in [0.5, 0.6) is 0 Å². The van der Waals surface area contributed by atoms with Gasteiger partial charge in [-0.05, 0) is 6.42 Å². The van der Waals surface area contributed by atoms with Crippen molar-refractivity contribution in [3.8, 4) is 0 Å². The van der Waals surface area contributed by atoms with Crippen molar-refractivity contribution in [3.05, 3.63) is 18.0 Å². The smallest absolute Gasteiger partial charge is 0.225 e. The summed E-state index contributed by atoms with van der Waals surface area (Å²) in [5, 5.41) is 3.22. The molecule has 0 aromatic carbocycles. The van der Waals surface area contributed by atoms with E-state index in [2.05, 4.69) is 15.3 Å². The summed E-state index contributed by atoms with van der Waals surface area (Å²) in [6.45, 7) is 3.29. The maximum absolute atomic E-state index is 11.6. The Morgan fingerprint density at radius 2 is 2.05 bits per heavy atom. The number of sulfone groups is 1. The van der Waals surface area contributed by atoms with Crippen LogP contribution in [-0.2, 0) is 21.1 Å². The van der Waals surface area contributed by atoms with Gasteiger partial charge in [0.15, 0.2) is 9.84 Å². The van der Waals surface area contributed by atoms with Crippen LogP contribution in [0.1, 0.15) is 12.0 Å². The molecule has 2 rings (SSSR count). The van der Waals surface area contributed by atoms with Crippen LogP contribution < -0.4 is 10.2 Å². The first kappa shape index (κ1) is 16.1. The minimum atomic E-state index is -2.90. The third kappa shape index (κ3) is 5.22. The summed E-state index contributed by atoms with van der Waals surface area (Å²) in [7, 11) is -1.24. The van der Waals surface area contributed by atoms with Crippen molar-refractivity contribution in [1.29, 1.82) is 0 Å². The molecule has 0 unspecified atom stereocenters. The second kappa shape index (κ2) is 7.67. The zero-order valence-corrected chi connectivity index (χ0v) is 13.1. The third-order valence-corrected chi connectivity index (χ3v) is 5.06. The standard InChI is InChI=1S/C13H22N4O3S/c1-20-6-3-14-9-12-10-15-13(16-11-12)17-4-2-7-21(18,19)8-5-17/h10-11,14H,2-9H2,1H3. The first-order valence-corrected chi connectivity index (χ1v) is 8.89. The number of nitrogens with zero attached hydrogens (tertiary/aromatic N) is 3. The van der Waals surface area contributed by atoms with Crippen molar-refractivity contribution in [1.82, 2.24) is 15.3 Å². The van der Waals surface area contributed by atoms with Crippen molar-refractivity contribution in [2.24, 2.45) is 0 Å². The SMILES string of the molecule is COCCNCc1cnc(N2CCCS(=O)(=O)CC2)nc1. The van der Waals surface area contributed by atoms with Gasteiger partial charge in [0.25, 0.3) is 0 Å². The molecule has 0 amide bonds. The number of rotatable bonds is 6. The molecule has 1 aromatic heterocycles. The first-order chi connectivity index (χ1) is 10.1. The molecular weight excluding hydrogens is 292 g/mol.